The second-order valence-electron chi connectivity index (χ2n) is 7.82. The summed E-state index contributed by atoms with van der Waals surface area (Å²) in [4.78, 5) is 14.0. The lowest BCUT2D eigenvalue weighted by molar-refractivity contribution is -0.0486. The van der Waals surface area contributed by atoms with Gasteiger partial charge in [0.05, 0.1) is 24.4 Å². The standard InChI is InChI=1S/C17H27N3O3/c1-13-10-18-20(11-13)14-9-17(22-12-14)5-7-19(8-6-17)15(21)23-16(2,3)4/h10-11,14H,5-9,12H2,1-4H3. The number of aromatic nitrogens is 2. The summed E-state index contributed by atoms with van der Waals surface area (Å²) < 4.78 is 13.6. The van der Waals surface area contributed by atoms with Crippen molar-refractivity contribution in [3.63, 3.8) is 0 Å². The fraction of sp³-hybridized carbons (Fsp3) is 0.765. The summed E-state index contributed by atoms with van der Waals surface area (Å²) in [6.45, 7) is 9.83. The molecule has 2 fully saturated rings. The summed E-state index contributed by atoms with van der Waals surface area (Å²) in [5.41, 5.74) is 0.619. The highest BCUT2D eigenvalue weighted by Gasteiger charge is 2.44. The van der Waals surface area contributed by atoms with Gasteiger partial charge < -0.3 is 14.4 Å². The molecule has 23 heavy (non-hydrogen) atoms. The van der Waals surface area contributed by atoms with E-state index in [0.717, 1.165) is 19.3 Å². The molecule has 2 aliphatic rings. The third kappa shape index (κ3) is 3.68. The summed E-state index contributed by atoms with van der Waals surface area (Å²) in [6, 6.07) is 0.303. The Morgan fingerprint density at radius 1 is 1.39 bits per heavy atom. The van der Waals surface area contributed by atoms with Gasteiger partial charge in [0.2, 0.25) is 0 Å². The number of carbonyl (C=O) groups is 1. The van der Waals surface area contributed by atoms with Gasteiger partial charge in [-0.3, -0.25) is 4.68 Å². The molecule has 2 saturated heterocycles. The topological polar surface area (TPSA) is 56.6 Å². The van der Waals surface area contributed by atoms with Crippen LogP contribution >= 0.6 is 0 Å². The van der Waals surface area contributed by atoms with Gasteiger partial charge in [0, 0.05) is 25.7 Å². The summed E-state index contributed by atoms with van der Waals surface area (Å²) in [7, 11) is 0. The maximum Gasteiger partial charge on any atom is 0.410 e. The molecule has 0 bridgehead atoms. The normalized spacial score (nSPS) is 24.2. The zero-order valence-corrected chi connectivity index (χ0v) is 14.5. The maximum absolute atomic E-state index is 12.2. The van der Waals surface area contributed by atoms with Crippen molar-refractivity contribution in [2.75, 3.05) is 19.7 Å². The van der Waals surface area contributed by atoms with Gasteiger partial charge in [-0.2, -0.15) is 5.10 Å². The van der Waals surface area contributed by atoms with Gasteiger partial charge in [0.15, 0.2) is 0 Å². The number of aryl methyl sites for hydroxylation is 1. The first-order valence-corrected chi connectivity index (χ1v) is 8.39. The van der Waals surface area contributed by atoms with Crippen molar-refractivity contribution in [3.05, 3.63) is 18.0 Å². The second kappa shape index (κ2) is 5.82. The molecule has 1 aromatic heterocycles. The van der Waals surface area contributed by atoms with E-state index in [4.69, 9.17) is 9.47 Å². The third-order valence-corrected chi connectivity index (χ3v) is 4.62. The van der Waals surface area contributed by atoms with Crippen LogP contribution in [0.2, 0.25) is 0 Å². The van der Waals surface area contributed by atoms with Crippen LogP contribution in [0.4, 0.5) is 4.79 Å². The highest BCUT2D eigenvalue weighted by Crippen LogP contribution is 2.40. The fourth-order valence-corrected chi connectivity index (χ4v) is 3.39. The molecule has 3 heterocycles. The Balaban J connectivity index is 1.56. The number of likely N-dealkylation sites (tertiary alicyclic amines) is 1. The molecule has 2 aliphatic heterocycles. The minimum Gasteiger partial charge on any atom is -0.444 e. The molecule has 1 atom stereocenters. The van der Waals surface area contributed by atoms with Crippen LogP contribution in [0.1, 0.15) is 51.6 Å². The van der Waals surface area contributed by atoms with Crippen molar-refractivity contribution in [2.45, 2.75) is 64.2 Å². The predicted molar refractivity (Wildman–Crippen MR) is 86.3 cm³/mol. The molecule has 3 rings (SSSR count). The lowest BCUT2D eigenvalue weighted by atomic mass is 9.87. The van der Waals surface area contributed by atoms with Crippen molar-refractivity contribution in [1.82, 2.24) is 14.7 Å². The number of rotatable bonds is 1. The Morgan fingerprint density at radius 2 is 2.09 bits per heavy atom. The van der Waals surface area contributed by atoms with Gasteiger partial charge in [-0.05, 0) is 46.1 Å². The van der Waals surface area contributed by atoms with Crippen molar-refractivity contribution >= 4 is 6.09 Å². The lowest BCUT2D eigenvalue weighted by Crippen LogP contribution is -2.47. The van der Waals surface area contributed by atoms with E-state index in [1.54, 1.807) is 4.90 Å². The van der Waals surface area contributed by atoms with E-state index in [1.807, 2.05) is 38.6 Å². The van der Waals surface area contributed by atoms with E-state index < -0.39 is 5.60 Å². The van der Waals surface area contributed by atoms with E-state index in [1.165, 1.54) is 5.56 Å². The molecule has 0 N–H and O–H groups in total. The van der Waals surface area contributed by atoms with Gasteiger partial charge in [-0.25, -0.2) is 4.79 Å². The number of amides is 1. The number of hydrogen-bond donors (Lipinski definition) is 0. The minimum absolute atomic E-state index is 0.108. The molecule has 0 aliphatic carbocycles. The molecule has 0 aromatic carbocycles. The molecular weight excluding hydrogens is 294 g/mol. The molecule has 1 amide bonds. The van der Waals surface area contributed by atoms with Gasteiger partial charge >= 0.3 is 6.09 Å². The number of hydrogen-bond acceptors (Lipinski definition) is 4. The SMILES string of the molecule is Cc1cnn(C2COC3(CCN(C(=O)OC(C)(C)C)CC3)C2)c1. The molecule has 6 nitrogen and oxygen atoms in total. The monoisotopic (exact) mass is 321 g/mol. The van der Waals surface area contributed by atoms with E-state index in [0.29, 0.717) is 25.7 Å². The van der Waals surface area contributed by atoms with Crippen LogP contribution in [0.25, 0.3) is 0 Å². The molecule has 1 spiro atoms. The number of nitrogens with zero attached hydrogens (tertiary/aromatic N) is 3. The van der Waals surface area contributed by atoms with Crippen LogP contribution in [-0.2, 0) is 9.47 Å². The quantitative estimate of drug-likeness (QED) is 0.798. The lowest BCUT2D eigenvalue weighted by Gasteiger charge is -2.39. The Kier molecular flexibility index (Phi) is 4.12. The van der Waals surface area contributed by atoms with Crippen molar-refractivity contribution < 1.29 is 14.3 Å². The van der Waals surface area contributed by atoms with Crippen LogP contribution < -0.4 is 0 Å². The van der Waals surface area contributed by atoms with Crippen molar-refractivity contribution in [3.8, 4) is 0 Å². The van der Waals surface area contributed by atoms with Crippen LogP contribution in [0.5, 0.6) is 0 Å². The highest BCUT2D eigenvalue weighted by molar-refractivity contribution is 5.68. The smallest absolute Gasteiger partial charge is 0.410 e. The molecule has 0 radical (unpaired) electrons. The fourth-order valence-electron chi connectivity index (χ4n) is 3.39. The number of piperidine rings is 1. The Hall–Kier alpha value is -1.56. The molecule has 0 saturated carbocycles. The third-order valence-electron chi connectivity index (χ3n) is 4.62. The molecular formula is C17H27N3O3. The zero-order valence-electron chi connectivity index (χ0n) is 14.5. The highest BCUT2D eigenvalue weighted by atomic mass is 16.6. The molecule has 1 aromatic rings. The van der Waals surface area contributed by atoms with E-state index in [2.05, 4.69) is 11.3 Å². The number of carbonyl (C=O) groups excluding carboxylic acids is 1. The first-order valence-electron chi connectivity index (χ1n) is 8.39. The van der Waals surface area contributed by atoms with E-state index in [9.17, 15) is 4.79 Å². The average Bonchev–Trinajstić information content (AvgIpc) is 3.05. The largest absolute Gasteiger partial charge is 0.444 e. The van der Waals surface area contributed by atoms with Crippen LogP contribution in [-0.4, -0.2) is 51.7 Å². The summed E-state index contributed by atoms with van der Waals surface area (Å²) in [5.74, 6) is 0. The molecule has 6 heteroatoms. The van der Waals surface area contributed by atoms with Crippen molar-refractivity contribution in [2.24, 2.45) is 0 Å². The summed E-state index contributed by atoms with van der Waals surface area (Å²) >= 11 is 0. The van der Waals surface area contributed by atoms with E-state index in [-0.39, 0.29) is 11.7 Å². The Bertz CT molecular complexity index is 568. The van der Waals surface area contributed by atoms with Gasteiger partial charge in [0.25, 0.3) is 0 Å². The van der Waals surface area contributed by atoms with Gasteiger partial charge in [0.1, 0.15) is 5.60 Å². The van der Waals surface area contributed by atoms with Crippen molar-refractivity contribution in [1.29, 1.82) is 0 Å². The Morgan fingerprint density at radius 3 is 2.65 bits per heavy atom. The minimum atomic E-state index is -0.445. The summed E-state index contributed by atoms with van der Waals surface area (Å²) in [5, 5.41) is 4.41. The first kappa shape index (κ1) is 16.3. The molecule has 1 unspecified atom stereocenters. The first-order chi connectivity index (χ1) is 10.8. The van der Waals surface area contributed by atoms with Crippen LogP contribution in [0, 0.1) is 6.92 Å². The van der Waals surface area contributed by atoms with Crippen LogP contribution in [0.15, 0.2) is 12.4 Å². The maximum atomic E-state index is 12.2. The van der Waals surface area contributed by atoms with Gasteiger partial charge in [-0.15, -0.1) is 0 Å². The number of ether oxygens (including phenoxy) is 2. The second-order valence-corrected chi connectivity index (χ2v) is 7.82. The van der Waals surface area contributed by atoms with E-state index >= 15 is 0 Å². The Labute approximate surface area is 137 Å². The molecule has 128 valence electrons. The average molecular weight is 321 g/mol. The predicted octanol–water partition coefficient (Wildman–Crippen LogP) is 2.92. The summed E-state index contributed by atoms with van der Waals surface area (Å²) in [6.07, 6.45) is 6.44. The van der Waals surface area contributed by atoms with Gasteiger partial charge in [-0.1, -0.05) is 0 Å². The van der Waals surface area contributed by atoms with Crippen LogP contribution in [0.3, 0.4) is 0 Å². The zero-order chi connectivity index (χ0) is 16.7.